The molecule has 2 aliphatic rings. The topological polar surface area (TPSA) is 72.3 Å². The molecule has 1 aliphatic carbocycles. The fourth-order valence-electron chi connectivity index (χ4n) is 5.47. The first-order valence-electron chi connectivity index (χ1n) is 11.7. The van der Waals surface area contributed by atoms with Crippen LogP contribution in [0.5, 0.6) is 0 Å². The first-order chi connectivity index (χ1) is 16.0. The molecular formula is C27H30N3O3+. The van der Waals surface area contributed by atoms with Gasteiger partial charge in [0.05, 0.1) is 20.1 Å². The maximum Gasteiger partial charge on any atom is 0.348 e. The number of likely N-dealkylation sites (N-methyl/N-ethyl adjacent to an activating group) is 1. The number of quaternary nitrogens is 1. The van der Waals surface area contributed by atoms with Gasteiger partial charge in [-0.3, -0.25) is 0 Å². The number of aliphatic hydroxyl groups is 1. The smallest absolute Gasteiger partial charge is 0.348 e. The highest BCUT2D eigenvalue weighted by molar-refractivity contribution is 5.96. The van der Waals surface area contributed by atoms with Gasteiger partial charge in [0.1, 0.15) is 12.9 Å². The first-order valence-corrected chi connectivity index (χ1v) is 11.7. The van der Waals surface area contributed by atoms with Crippen LogP contribution in [-0.4, -0.2) is 58.3 Å². The Morgan fingerprint density at radius 2 is 1.73 bits per heavy atom. The van der Waals surface area contributed by atoms with Gasteiger partial charge in [-0.05, 0) is 29.5 Å². The number of aryl methyl sites for hydroxylation is 1. The summed E-state index contributed by atoms with van der Waals surface area (Å²) in [6, 6.07) is 15.1. The second-order valence-corrected chi connectivity index (χ2v) is 9.57. The van der Waals surface area contributed by atoms with Crippen LogP contribution in [0.25, 0.3) is 11.1 Å². The molecule has 3 aromatic rings. The van der Waals surface area contributed by atoms with Crippen molar-refractivity contribution >= 4 is 5.97 Å². The number of carbonyl (C=O) groups excluding carboxylic acids is 1. The number of ether oxygens (including phenoxy) is 1. The number of aromatic nitrogens is 2. The molecule has 2 heterocycles. The van der Waals surface area contributed by atoms with Crippen LogP contribution in [0.1, 0.15) is 36.0 Å². The number of rotatable bonds is 6. The summed E-state index contributed by atoms with van der Waals surface area (Å²) >= 11 is 0. The van der Waals surface area contributed by atoms with Gasteiger partial charge in [-0.2, -0.15) is 0 Å². The molecule has 0 saturated carbocycles. The van der Waals surface area contributed by atoms with E-state index in [1.807, 2.05) is 60.9 Å². The number of hydrogen-bond donors (Lipinski definition) is 1. The van der Waals surface area contributed by atoms with E-state index < -0.39 is 11.6 Å². The third kappa shape index (κ3) is 4.05. The van der Waals surface area contributed by atoms with Gasteiger partial charge in [0.2, 0.25) is 5.60 Å². The van der Waals surface area contributed by atoms with E-state index in [0.29, 0.717) is 11.1 Å². The van der Waals surface area contributed by atoms with Gasteiger partial charge >= 0.3 is 5.97 Å². The molecule has 0 amide bonds. The van der Waals surface area contributed by atoms with E-state index in [-0.39, 0.29) is 6.10 Å². The summed E-state index contributed by atoms with van der Waals surface area (Å²) in [4.78, 5) is 21.7. The monoisotopic (exact) mass is 444 g/mol. The summed E-state index contributed by atoms with van der Waals surface area (Å²) in [5.41, 5.74) is 2.37. The number of benzene rings is 2. The van der Waals surface area contributed by atoms with Crippen LogP contribution in [0.15, 0.2) is 67.3 Å². The minimum atomic E-state index is -1.76. The summed E-state index contributed by atoms with van der Waals surface area (Å²) in [5.74, 6) is -0.570. The van der Waals surface area contributed by atoms with Crippen molar-refractivity contribution in [1.82, 2.24) is 9.97 Å². The zero-order chi connectivity index (χ0) is 22.9. The molecule has 1 aromatic heterocycles. The van der Waals surface area contributed by atoms with Crippen LogP contribution in [0.2, 0.25) is 0 Å². The molecule has 0 radical (unpaired) electrons. The lowest BCUT2D eigenvalue weighted by Gasteiger charge is -2.41. The zero-order valence-corrected chi connectivity index (χ0v) is 19.0. The van der Waals surface area contributed by atoms with Crippen molar-refractivity contribution in [3.63, 3.8) is 0 Å². The molecule has 1 saturated heterocycles. The van der Waals surface area contributed by atoms with Crippen molar-refractivity contribution in [3.05, 3.63) is 83.9 Å². The van der Waals surface area contributed by atoms with Crippen molar-refractivity contribution in [2.24, 2.45) is 0 Å². The third-order valence-electron chi connectivity index (χ3n) is 7.14. The van der Waals surface area contributed by atoms with Gasteiger partial charge in [0.15, 0.2) is 6.10 Å². The Balaban J connectivity index is 1.29. The predicted molar refractivity (Wildman–Crippen MR) is 125 cm³/mol. The van der Waals surface area contributed by atoms with Crippen molar-refractivity contribution in [2.75, 3.05) is 26.7 Å². The standard InChI is InChI=1S/C27H30N3O3/c1-30(14-6-8-20-16-28-19-29-17-20)15-7-9-21(18-30)33-26(31)27(32)24-12-4-2-10-22(24)23-11-3-5-13-25(23)27/h2-5,10-13,16-17,19,21,32H,6-9,14-15,18H2,1H3/q+1/t21?,30-/m1/s1. The average molecular weight is 445 g/mol. The van der Waals surface area contributed by atoms with Gasteiger partial charge in [-0.15, -0.1) is 0 Å². The molecule has 1 fully saturated rings. The molecule has 0 spiro atoms. The van der Waals surface area contributed by atoms with Crippen LogP contribution in [0.3, 0.4) is 0 Å². The normalized spacial score (nSPS) is 22.9. The number of likely N-dealkylation sites (tertiary alicyclic amines) is 1. The summed E-state index contributed by atoms with van der Waals surface area (Å²) in [6.45, 7) is 2.82. The predicted octanol–water partition coefficient (Wildman–Crippen LogP) is 3.48. The fourth-order valence-corrected chi connectivity index (χ4v) is 5.47. The molecule has 2 aromatic carbocycles. The van der Waals surface area contributed by atoms with Gasteiger partial charge in [-0.1, -0.05) is 48.5 Å². The molecule has 2 atom stereocenters. The maximum absolute atomic E-state index is 13.5. The molecule has 6 nitrogen and oxygen atoms in total. The summed E-state index contributed by atoms with van der Waals surface area (Å²) < 4.78 is 6.89. The average Bonchev–Trinajstić information content (AvgIpc) is 3.10. The van der Waals surface area contributed by atoms with Crippen molar-refractivity contribution < 1.29 is 19.1 Å². The molecule has 6 heteroatoms. The molecule has 1 unspecified atom stereocenters. The van der Waals surface area contributed by atoms with Crippen LogP contribution >= 0.6 is 0 Å². The largest absolute Gasteiger partial charge is 0.454 e. The Morgan fingerprint density at radius 1 is 1.09 bits per heavy atom. The molecule has 33 heavy (non-hydrogen) atoms. The number of carbonyl (C=O) groups is 1. The third-order valence-corrected chi connectivity index (χ3v) is 7.14. The van der Waals surface area contributed by atoms with Crippen molar-refractivity contribution in [2.45, 2.75) is 37.4 Å². The summed E-state index contributed by atoms with van der Waals surface area (Å²) in [5, 5.41) is 11.7. The molecule has 0 bridgehead atoms. The van der Waals surface area contributed by atoms with Crippen LogP contribution in [0.4, 0.5) is 0 Å². The Kier molecular flexibility index (Phi) is 5.72. The highest BCUT2D eigenvalue weighted by Gasteiger charge is 2.50. The Hall–Kier alpha value is -3.09. The molecule has 5 rings (SSSR count). The zero-order valence-electron chi connectivity index (χ0n) is 19.0. The van der Waals surface area contributed by atoms with E-state index in [1.54, 1.807) is 6.33 Å². The van der Waals surface area contributed by atoms with Crippen molar-refractivity contribution in [3.8, 4) is 11.1 Å². The van der Waals surface area contributed by atoms with Crippen molar-refractivity contribution in [1.29, 1.82) is 0 Å². The second kappa shape index (κ2) is 8.69. The minimum absolute atomic E-state index is 0.208. The molecular weight excluding hydrogens is 414 g/mol. The van der Waals surface area contributed by atoms with E-state index in [4.69, 9.17) is 4.74 Å². The van der Waals surface area contributed by atoms with Gasteiger partial charge in [0, 0.05) is 36.4 Å². The Morgan fingerprint density at radius 3 is 2.39 bits per heavy atom. The fraction of sp³-hybridized carbons (Fsp3) is 0.370. The quantitative estimate of drug-likeness (QED) is 0.466. The summed E-state index contributed by atoms with van der Waals surface area (Å²) in [7, 11) is 2.23. The number of hydrogen-bond acceptors (Lipinski definition) is 5. The maximum atomic E-state index is 13.5. The van der Waals surface area contributed by atoms with Crippen LogP contribution in [0, 0.1) is 0 Å². The highest BCUT2D eigenvalue weighted by Crippen LogP contribution is 2.48. The SMILES string of the molecule is C[N@@+]1(CCCc2cncnc2)CCCC(OC(=O)C2(O)c3ccccc3-c3ccccc32)C1. The van der Waals surface area contributed by atoms with E-state index in [9.17, 15) is 9.90 Å². The lowest BCUT2D eigenvalue weighted by molar-refractivity contribution is -0.917. The number of piperidine rings is 1. The summed E-state index contributed by atoms with van der Waals surface area (Å²) in [6.07, 6.45) is 8.86. The van der Waals surface area contributed by atoms with E-state index >= 15 is 0 Å². The van der Waals surface area contributed by atoms with E-state index in [2.05, 4.69) is 17.0 Å². The number of nitrogens with zero attached hydrogens (tertiary/aromatic N) is 3. The Labute approximate surface area is 194 Å². The van der Waals surface area contributed by atoms with E-state index in [1.165, 1.54) is 0 Å². The lowest BCUT2D eigenvalue weighted by atomic mass is 9.91. The first kappa shape index (κ1) is 21.7. The van der Waals surface area contributed by atoms with Gasteiger partial charge in [0.25, 0.3) is 0 Å². The molecule has 1 aliphatic heterocycles. The Bertz CT molecular complexity index is 1100. The lowest BCUT2D eigenvalue weighted by Crippen LogP contribution is -2.55. The number of fused-ring (bicyclic) bond motifs is 3. The van der Waals surface area contributed by atoms with E-state index in [0.717, 1.165) is 66.5 Å². The van der Waals surface area contributed by atoms with Crippen LogP contribution < -0.4 is 0 Å². The number of esters is 1. The van der Waals surface area contributed by atoms with Crippen LogP contribution in [-0.2, 0) is 21.6 Å². The molecule has 1 N–H and O–H groups in total. The van der Waals surface area contributed by atoms with Gasteiger partial charge < -0.3 is 14.3 Å². The second-order valence-electron chi connectivity index (χ2n) is 9.57. The minimum Gasteiger partial charge on any atom is -0.454 e. The highest BCUT2D eigenvalue weighted by atomic mass is 16.6. The molecule has 170 valence electrons. The van der Waals surface area contributed by atoms with Gasteiger partial charge in [-0.25, -0.2) is 14.8 Å².